The van der Waals surface area contributed by atoms with E-state index in [2.05, 4.69) is 35.8 Å². The second-order valence-corrected chi connectivity index (χ2v) is 5.00. The van der Waals surface area contributed by atoms with Crippen molar-refractivity contribution in [2.45, 2.75) is 19.9 Å². The van der Waals surface area contributed by atoms with E-state index < -0.39 is 0 Å². The largest absolute Gasteiger partial charge is 0.356 e. The van der Waals surface area contributed by atoms with Gasteiger partial charge in [-0.1, -0.05) is 11.6 Å². The molecule has 0 fully saturated rings. The highest BCUT2D eigenvalue weighted by atomic mass is 35.5. The summed E-state index contributed by atoms with van der Waals surface area (Å²) in [7, 11) is 4.16. The highest BCUT2D eigenvalue weighted by Gasteiger charge is 2.10. The fraction of sp³-hybridized carbons (Fsp3) is 0.615. The first-order valence-corrected chi connectivity index (χ1v) is 6.70. The Hall–Kier alpha value is -0.840. The first kappa shape index (κ1) is 15.2. The second kappa shape index (κ2) is 7.56. The third-order valence-corrected chi connectivity index (χ3v) is 3.11. The van der Waals surface area contributed by atoms with Gasteiger partial charge in [-0.2, -0.15) is 0 Å². The van der Waals surface area contributed by atoms with Gasteiger partial charge in [0.1, 0.15) is 5.82 Å². The molecule has 1 heterocycles. The first-order chi connectivity index (χ1) is 8.58. The third-order valence-electron chi connectivity index (χ3n) is 2.83. The van der Waals surface area contributed by atoms with Crippen LogP contribution in [0.2, 0.25) is 5.02 Å². The molecule has 1 aromatic rings. The third kappa shape index (κ3) is 4.44. The Bertz CT molecular complexity index is 368. The predicted molar refractivity (Wildman–Crippen MR) is 78.2 cm³/mol. The summed E-state index contributed by atoms with van der Waals surface area (Å²) >= 11 is 6.25. The minimum absolute atomic E-state index is 0.472. The molecule has 0 aliphatic rings. The van der Waals surface area contributed by atoms with Crippen molar-refractivity contribution in [3.8, 4) is 0 Å². The fourth-order valence-electron chi connectivity index (χ4n) is 1.81. The quantitative estimate of drug-likeness (QED) is 0.823. The molecule has 0 aromatic carbocycles. The van der Waals surface area contributed by atoms with E-state index in [0.29, 0.717) is 11.6 Å². The number of rotatable bonds is 7. The van der Waals surface area contributed by atoms with Gasteiger partial charge in [0.25, 0.3) is 0 Å². The van der Waals surface area contributed by atoms with Crippen LogP contribution >= 0.6 is 11.6 Å². The highest BCUT2D eigenvalue weighted by Crippen LogP contribution is 2.24. The van der Waals surface area contributed by atoms with Crippen LogP contribution in [0, 0.1) is 0 Å². The number of nitrogens with two attached hydrogens (primary N) is 1. The van der Waals surface area contributed by atoms with Crippen LogP contribution in [0.1, 0.15) is 18.9 Å². The van der Waals surface area contributed by atoms with Crippen LogP contribution in [0.4, 0.5) is 5.82 Å². The van der Waals surface area contributed by atoms with Gasteiger partial charge in [-0.25, -0.2) is 4.98 Å². The zero-order chi connectivity index (χ0) is 13.5. The van der Waals surface area contributed by atoms with Crippen LogP contribution in [-0.2, 0) is 6.54 Å². The molecule has 102 valence electrons. The van der Waals surface area contributed by atoms with Gasteiger partial charge in [0.05, 0.1) is 5.02 Å². The van der Waals surface area contributed by atoms with E-state index in [1.807, 2.05) is 6.07 Å². The molecule has 0 spiro atoms. The predicted octanol–water partition coefficient (Wildman–Crippen LogP) is 1.97. The summed E-state index contributed by atoms with van der Waals surface area (Å²) < 4.78 is 0. The average Bonchev–Trinajstić information content (AvgIpc) is 2.35. The molecule has 0 radical (unpaired) electrons. The van der Waals surface area contributed by atoms with E-state index in [0.717, 1.165) is 37.4 Å². The van der Waals surface area contributed by atoms with E-state index in [9.17, 15) is 0 Å². The molecule has 18 heavy (non-hydrogen) atoms. The molecule has 0 aliphatic heterocycles. The Morgan fingerprint density at radius 3 is 2.56 bits per heavy atom. The van der Waals surface area contributed by atoms with Gasteiger partial charge < -0.3 is 15.5 Å². The van der Waals surface area contributed by atoms with Crippen molar-refractivity contribution >= 4 is 17.4 Å². The maximum absolute atomic E-state index is 6.25. The second-order valence-electron chi connectivity index (χ2n) is 4.59. The Labute approximate surface area is 115 Å². The Kier molecular flexibility index (Phi) is 6.39. The van der Waals surface area contributed by atoms with Crippen LogP contribution in [-0.4, -0.2) is 43.6 Å². The number of aromatic nitrogens is 1. The molecular weight excluding hydrogens is 248 g/mol. The maximum Gasteiger partial charge on any atom is 0.147 e. The number of hydrogen-bond donors (Lipinski definition) is 1. The molecule has 0 saturated carbocycles. The number of hydrogen-bond acceptors (Lipinski definition) is 4. The number of nitrogens with zero attached hydrogens (tertiary/aromatic N) is 3. The van der Waals surface area contributed by atoms with Crippen LogP contribution in [0.15, 0.2) is 12.3 Å². The number of pyridine rings is 1. The lowest BCUT2D eigenvalue weighted by atomic mass is 10.2. The Morgan fingerprint density at radius 1 is 1.33 bits per heavy atom. The average molecular weight is 271 g/mol. The molecular formula is C13H23ClN4. The Morgan fingerprint density at radius 2 is 2.06 bits per heavy atom. The summed E-state index contributed by atoms with van der Waals surface area (Å²) in [5.41, 5.74) is 6.54. The highest BCUT2D eigenvalue weighted by molar-refractivity contribution is 6.33. The van der Waals surface area contributed by atoms with E-state index in [-0.39, 0.29) is 0 Å². The van der Waals surface area contributed by atoms with Gasteiger partial charge in [0, 0.05) is 25.8 Å². The van der Waals surface area contributed by atoms with Crippen molar-refractivity contribution < 1.29 is 0 Å². The van der Waals surface area contributed by atoms with Gasteiger partial charge >= 0.3 is 0 Å². The summed E-state index contributed by atoms with van der Waals surface area (Å²) in [4.78, 5) is 8.80. The topological polar surface area (TPSA) is 45.4 Å². The van der Waals surface area contributed by atoms with Crippen molar-refractivity contribution in [1.29, 1.82) is 0 Å². The van der Waals surface area contributed by atoms with E-state index in [1.165, 1.54) is 0 Å². The van der Waals surface area contributed by atoms with E-state index >= 15 is 0 Å². The summed E-state index contributed by atoms with van der Waals surface area (Å²) in [6, 6.07) is 1.90. The normalized spacial score (nSPS) is 11.0. The molecule has 0 amide bonds. The van der Waals surface area contributed by atoms with Crippen LogP contribution in [0.3, 0.4) is 0 Å². The molecule has 2 N–H and O–H groups in total. The summed E-state index contributed by atoms with van der Waals surface area (Å²) in [6.45, 7) is 5.52. The summed E-state index contributed by atoms with van der Waals surface area (Å²) in [6.07, 6.45) is 2.90. The molecule has 1 rings (SSSR count). The van der Waals surface area contributed by atoms with Gasteiger partial charge in [-0.05, 0) is 45.6 Å². The molecule has 0 unspecified atom stereocenters. The first-order valence-electron chi connectivity index (χ1n) is 6.32. The van der Waals surface area contributed by atoms with Crippen molar-refractivity contribution in [2.24, 2.45) is 5.73 Å². The molecule has 0 bridgehead atoms. The SMILES string of the molecule is CCN(CCCN(C)C)c1ncc(CN)cc1Cl. The lowest BCUT2D eigenvalue weighted by molar-refractivity contribution is 0.400. The van der Waals surface area contributed by atoms with Gasteiger partial charge in [-0.15, -0.1) is 0 Å². The van der Waals surface area contributed by atoms with Crippen molar-refractivity contribution in [3.05, 3.63) is 22.8 Å². The van der Waals surface area contributed by atoms with Gasteiger partial charge in [-0.3, -0.25) is 0 Å². The summed E-state index contributed by atoms with van der Waals surface area (Å²) in [5, 5.41) is 0.685. The van der Waals surface area contributed by atoms with Crippen molar-refractivity contribution in [3.63, 3.8) is 0 Å². The minimum atomic E-state index is 0.472. The van der Waals surface area contributed by atoms with Crippen LogP contribution in [0.25, 0.3) is 0 Å². The minimum Gasteiger partial charge on any atom is -0.356 e. The van der Waals surface area contributed by atoms with E-state index in [1.54, 1.807) is 6.20 Å². The fourth-order valence-corrected chi connectivity index (χ4v) is 2.11. The smallest absolute Gasteiger partial charge is 0.147 e. The Balaban J connectivity index is 2.69. The molecule has 0 aliphatic carbocycles. The molecule has 4 nitrogen and oxygen atoms in total. The zero-order valence-corrected chi connectivity index (χ0v) is 12.2. The monoisotopic (exact) mass is 270 g/mol. The molecule has 0 saturated heterocycles. The maximum atomic E-state index is 6.25. The molecule has 5 heteroatoms. The lowest BCUT2D eigenvalue weighted by Crippen LogP contribution is -2.28. The standard InChI is InChI=1S/C13H23ClN4/c1-4-18(7-5-6-17(2)3)13-12(14)8-11(9-15)10-16-13/h8,10H,4-7,9,15H2,1-3H3. The number of halogens is 1. The van der Waals surface area contributed by atoms with Crippen LogP contribution < -0.4 is 10.6 Å². The molecule has 0 atom stereocenters. The zero-order valence-electron chi connectivity index (χ0n) is 11.5. The van der Waals surface area contributed by atoms with Gasteiger partial charge in [0.15, 0.2) is 0 Å². The molecule has 1 aromatic heterocycles. The van der Waals surface area contributed by atoms with Crippen LogP contribution in [0.5, 0.6) is 0 Å². The summed E-state index contributed by atoms with van der Waals surface area (Å²) in [5.74, 6) is 0.857. The van der Waals surface area contributed by atoms with Crippen molar-refractivity contribution in [1.82, 2.24) is 9.88 Å². The van der Waals surface area contributed by atoms with Gasteiger partial charge in [0.2, 0.25) is 0 Å². The number of anilines is 1. The van der Waals surface area contributed by atoms with E-state index in [4.69, 9.17) is 17.3 Å². The van der Waals surface area contributed by atoms with Crippen molar-refractivity contribution in [2.75, 3.05) is 38.6 Å². The lowest BCUT2D eigenvalue weighted by Gasteiger charge is -2.24.